The van der Waals surface area contributed by atoms with Crippen LogP contribution in [0.5, 0.6) is 5.75 Å². The van der Waals surface area contributed by atoms with Crippen molar-refractivity contribution in [1.29, 1.82) is 0 Å². The van der Waals surface area contributed by atoms with Gasteiger partial charge in [0.05, 0.1) is 19.8 Å². The van der Waals surface area contributed by atoms with Gasteiger partial charge in [0.1, 0.15) is 11.6 Å². The summed E-state index contributed by atoms with van der Waals surface area (Å²) in [5.41, 5.74) is 2.64. The van der Waals surface area contributed by atoms with Crippen LogP contribution >= 0.6 is 0 Å². The third kappa shape index (κ3) is 3.56. The fourth-order valence-corrected chi connectivity index (χ4v) is 4.32. The standard InChI is InChI=1S/C24H22FN3O4/c25-17-7-4-15(5-8-17)6-9-19(29)21-22(30)24(31)28-14-16-2-1-3-18(20(16)23(28)26-21)27-10-12-32-13-11-27/h1-5,7-8,30H,6,9-14H2. The lowest BCUT2D eigenvalue weighted by Crippen LogP contribution is -2.36. The molecule has 1 fully saturated rings. The molecule has 2 aliphatic rings. The molecule has 3 aromatic rings. The zero-order valence-electron chi connectivity index (χ0n) is 17.4. The Balaban J connectivity index is 1.50. The van der Waals surface area contributed by atoms with E-state index in [0.717, 1.165) is 35.5 Å². The first-order valence-corrected chi connectivity index (χ1v) is 10.6. The van der Waals surface area contributed by atoms with Crippen LogP contribution in [0.25, 0.3) is 11.4 Å². The van der Waals surface area contributed by atoms with Gasteiger partial charge in [-0.2, -0.15) is 0 Å². The van der Waals surface area contributed by atoms with E-state index in [1.807, 2.05) is 18.2 Å². The maximum Gasteiger partial charge on any atom is 0.297 e. The number of aryl methyl sites for hydroxylation is 1. The number of halogens is 1. The Morgan fingerprint density at radius 2 is 1.88 bits per heavy atom. The van der Waals surface area contributed by atoms with E-state index in [4.69, 9.17) is 4.74 Å². The number of ether oxygens (including phenoxy) is 1. The van der Waals surface area contributed by atoms with Gasteiger partial charge in [-0.3, -0.25) is 14.2 Å². The molecule has 2 aromatic carbocycles. The second-order valence-electron chi connectivity index (χ2n) is 7.98. The molecule has 1 N–H and O–H groups in total. The van der Waals surface area contributed by atoms with Crippen molar-refractivity contribution >= 4 is 11.5 Å². The van der Waals surface area contributed by atoms with Crippen LogP contribution in [0.15, 0.2) is 47.3 Å². The first-order valence-electron chi connectivity index (χ1n) is 10.6. The zero-order chi connectivity index (χ0) is 22.2. The number of anilines is 1. The lowest BCUT2D eigenvalue weighted by atomic mass is 10.0. The quantitative estimate of drug-likeness (QED) is 0.486. The second kappa shape index (κ2) is 8.20. The summed E-state index contributed by atoms with van der Waals surface area (Å²) in [5, 5.41) is 10.5. The van der Waals surface area contributed by atoms with Crippen molar-refractivity contribution in [3.63, 3.8) is 0 Å². The average molecular weight is 435 g/mol. The Morgan fingerprint density at radius 3 is 2.62 bits per heavy atom. The molecule has 2 aliphatic heterocycles. The van der Waals surface area contributed by atoms with Crippen molar-refractivity contribution in [2.24, 2.45) is 0 Å². The van der Waals surface area contributed by atoms with Gasteiger partial charge in [-0.25, -0.2) is 9.37 Å². The fraction of sp³-hybridized carbons (Fsp3) is 0.292. The molecule has 0 aliphatic carbocycles. The first-order chi connectivity index (χ1) is 15.5. The monoisotopic (exact) mass is 435 g/mol. The molecule has 3 heterocycles. The van der Waals surface area contributed by atoms with Gasteiger partial charge in [-0.1, -0.05) is 24.3 Å². The summed E-state index contributed by atoms with van der Waals surface area (Å²) >= 11 is 0. The number of carbonyl (C=O) groups excluding carboxylic acids is 1. The summed E-state index contributed by atoms with van der Waals surface area (Å²) in [4.78, 5) is 32.5. The predicted octanol–water partition coefficient (Wildman–Crippen LogP) is 2.77. The number of fused-ring (bicyclic) bond motifs is 3. The zero-order valence-corrected chi connectivity index (χ0v) is 17.4. The smallest absolute Gasteiger partial charge is 0.297 e. The van der Waals surface area contributed by atoms with Gasteiger partial charge in [0.15, 0.2) is 11.5 Å². The predicted molar refractivity (Wildman–Crippen MR) is 117 cm³/mol. The molecular formula is C24H22FN3O4. The number of Topliss-reactive ketones (excluding diaryl/α,β-unsaturated/α-hetero) is 1. The van der Waals surface area contributed by atoms with Gasteiger partial charge in [-0.15, -0.1) is 0 Å². The van der Waals surface area contributed by atoms with Crippen molar-refractivity contribution in [1.82, 2.24) is 9.55 Å². The van der Waals surface area contributed by atoms with E-state index >= 15 is 0 Å². The highest BCUT2D eigenvalue weighted by Gasteiger charge is 2.30. The maximum atomic E-state index is 13.1. The third-order valence-corrected chi connectivity index (χ3v) is 6.00. The number of morpholine rings is 1. The number of rotatable bonds is 5. The summed E-state index contributed by atoms with van der Waals surface area (Å²) in [6.45, 7) is 2.98. The number of hydrogen-bond donors (Lipinski definition) is 1. The number of benzene rings is 2. The van der Waals surface area contributed by atoms with Crippen LogP contribution in [0, 0.1) is 5.82 Å². The number of hydrogen-bond acceptors (Lipinski definition) is 6. The summed E-state index contributed by atoms with van der Waals surface area (Å²) in [6, 6.07) is 11.7. The normalized spacial score (nSPS) is 14.8. The van der Waals surface area contributed by atoms with E-state index in [-0.39, 0.29) is 17.9 Å². The molecule has 1 saturated heterocycles. The minimum atomic E-state index is -0.626. The second-order valence-corrected chi connectivity index (χ2v) is 7.98. The van der Waals surface area contributed by atoms with Gasteiger partial charge >= 0.3 is 0 Å². The van der Waals surface area contributed by atoms with Gasteiger partial charge in [-0.05, 0) is 35.7 Å². The van der Waals surface area contributed by atoms with E-state index < -0.39 is 17.1 Å². The molecule has 0 unspecified atom stereocenters. The molecule has 0 amide bonds. The van der Waals surface area contributed by atoms with E-state index in [1.165, 1.54) is 16.7 Å². The van der Waals surface area contributed by atoms with Crippen LogP contribution in [0.1, 0.15) is 28.0 Å². The Labute approximate surface area is 183 Å². The average Bonchev–Trinajstić information content (AvgIpc) is 3.20. The van der Waals surface area contributed by atoms with E-state index in [2.05, 4.69) is 9.88 Å². The lowest BCUT2D eigenvalue weighted by Gasteiger charge is -2.30. The minimum absolute atomic E-state index is 0.0487. The molecule has 0 bridgehead atoms. The number of nitrogens with zero attached hydrogens (tertiary/aromatic N) is 3. The highest BCUT2D eigenvalue weighted by Crippen LogP contribution is 2.38. The summed E-state index contributed by atoms with van der Waals surface area (Å²) in [6.07, 6.45) is 0.404. The number of aromatic nitrogens is 2. The van der Waals surface area contributed by atoms with Crippen molar-refractivity contribution in [2.45, 2.75) is 19.4 Å². The third-order valence-electron chi connectivity index (χ3n) is 6.00. The Hall–Kier alpha value is -3.52. The summed E-state index contributed by atoms with van der Waals surface area (Å²) in [7, 11) is 0. The molecule has 32 heavy (non-hydrogen) atoms. The Morgan fingerprint density at radius 1 is 1.12 bits per heavy atom. The molecular weight excluding hydrogens is 413 g/mol. The molecule has 0 atom stereocenters. The maximum absolute atomic E-state index is 13.1. The molecule has 8 heteroatoms. The first kappa shape index (κ1) is 20.4. The van der Waals surface area contributed by atoms with Crippen molar-refractivity contribution in [2.75, 3.05) is 31.2 Å². The lowest BCUT2D eigenvalue weighted by molar-refractivity contribution is 0.0974. The largest absolute Gasteiger partial charge is 0.501 e. The van der Waals surface area contributed by atoms with E-state index in [0.29, 0.717) is 32.0 Å². The topological polar surface area (TPSA) is 84.7 Å². The number of carbonyl (C=O) groups is 1. The molecule has 7 nitrogen and oxygen atoms in total. The van der Waals surface area contributed by atoms with Crippen molar-refractivity contribution < 1.29 is 19.0 Å². The number of ketones is 1. The van der Waals surface area contributed by atoms with Crippen LogP contribution in [-0.4, -0.2) is 46.7 Å². The van der Waals surface area contributed by atoms with Crippen LogP contribution < -0.4 is 10.5 Å². The Kier molecular flexibility index (Phi) is 5.22. The molecule has 0 saturated carbocycles. The van der Waals surface area contributed by atoms with Gasteiger partial charge in [0.2, 0.25) is 5.75 Å². The van der Waals surface area contributed by atoms with Crippen LogP contribution in [0.3, 0.4) is 0 Å². The SMILES string of the molecule is O=C(CCc1ccc(F)cc1)c1nc2n(c(=O)c1O)Cc1cccc(N3CCOCC3)c1-2. The van der Waals surface area contributed by atoms with Gasteiger partial charge in [0.25, 0.3) is 5.56 Å². The van der Waals surface area contributed by atoms with Gasteiger partial charge < -0.3 is 14.7 Å². The minimum Gasteiger partial charge on any atom is -0.501 e. The van der Waals surface area contributed by atoms with Crippen molar-refractivity contribution in [3.8, 4) is 17.1 Å². The molecule has 0 spiro atoms. The van der Waals surface area contributed by atoms with Crippen LogP contribution in [-0.2, 0) is 17.7 Å². The van der Waals surface area contributed by atoms with Crippen LogP contribution in [0.2, 0.25) is 0 Å². The summed E-state index contributed by atoms with van der Waals surface area (Å²) in [5.74, 6) is -1.00. The van der Waals surface area contributed by atoms with E-state index in [9.17, 15) is 19.1 Å². The number of aromatic hydroxyl groups is 1. The fourth-order valence-electron chi connectivity index (χ4n) is 4.32. The molecule has 5 rings (SSSR count). The highest BCUT2D eigenvalue weighted by atomic mass is 19.1. The van der Waals surface area contributed by atoms with Crippen molar-refractivity contribution in [3.05, 3.63) is 75.5 Å². The van der Waals surface area contributed by atoms with E-state index in [1.54, 1.807) is 12.1 Å². The highest BCUT2D eigenvalue weighted by molar-refractivity contribution is 5.97. The molecule has 0 radical (unpaired) electrons. The summed E-state index contributed by atoms with van der Waals surface area (Å²) < 4.78 is 20.0. The molecule has 1 aromatic heterocycles. The van der Waals surface area contributed by atoms with Gasteiger partial charge in [0, 0.05) is 30.8 Å². The molecule has 164 valence electrons. The van der Waals surface area contributed by atoms with Crippen LogP contribution in [0.4, 0.5) is 10.1 Å². The Bertz CT molecular complexity index is 1250.